The number of imidazole rings is 1. The van der Waals surface area contributed by atoms with E-state index >= 15 is 0 Å². The molecule has 0 aliphatic rings. The molecule has 2 aromatic heterocycles. The Bertz CT molecular complexity index is 622. The smallest absolute Gasteiger partial charge is 0.340 e. The lowest BCUT2D eigenvalue weighted by Gasteiger charge is -2.13. The lowest BCUT2D eigenvalue weighted by Crippen LogP contribution is -2.29. The minimum atomic E-state index is -1.32. The zero-order valence-corrected chi connectivity index (χ0v) is 10.2. The zero-order valence-electron chi connectivity index (χ0n) is 10.2. The molecule has 9 nitrogen and oxygen atoms in total. The molecular weight excluding hydrogens is 254 g/mol. The molecule has 0 saturated carbocycles. The molecule has 2 heterocycles. The number of methoxy groups -OCH3 is 2. The monoisotopic (exact) mass is 265 g/mol. The summed E-state index contributed by atoms with van der Waals surface area (Å²) in [4.78, 5) is 35.1. The molecule has 0 fully saturated rings. The zero-order chi connectivity index (χ0) is 14.0. The summed E-state index contributed by atoms with van der Waals surface area (Å²) in [5.74, 6) is -1.43. The molecule has 0 bridgehead atoms. The molecule has 0 atom stereocenters. The van der Waals surface area contributed by atoms with Crippen LogP contribution in [0.1, 0.15) is 6.04 Å². The summed E-state index contributed by atoms with van der Waals surface area (Å²) in [5.41, 5.74) is 6.16. The minimum absolute atomic E-state index is 0.150. The van der Waals surface area contributed by atoms with Crippen LogP contribution in [0.5, 0.6) is 0 Å². The van der Waals surface area contributed by atoms with Gasteiger partial charge in [-0.1, -0.05) is 0 Å². The Morgan fingerprint density at radius 2 is 1.84 bits per heavy atom. The molecule has 2 aromatic rings. The Morgan fingerprint density at radius 3 is 2.42 bits per heavy atom. The van der Waals surface area contributed by atoms with Gasteiger partial charge in [-0.2, -0.15) is 0 Å². The molecule has 9 heteroatoms. The number of hydrogen-bond donors (Lipinski definition) is 1. The number of carbonyl (C=O) groups excluding carboxylic acids is 2. The molecule has 100 valence electrons. The van der Waals surface area contributed by atoms with Gasteiger partial charge in [0.25, 0.3) is 0 Å². The number of nitrogens with two attached hydrogens (primary N) is 1. The highest BCUT2D eigenvalue weighted by molar-refractivity contribution is 5.98. The molecule has 0 amide bonds. The number of nitrogens with zero attached hydrogens (tertiary/aromatic N) is 4. The second-order valence-electron chi connectivity index (χ2n) is 3.53. The second-order valence-corrected chi connectivity index (χ2v) is 3.53. The quantitative estimate of drug-likeness (QED) is 0.570. The first-order valence-corrected chi connectivity index (χ1v) is 5.18. The largest absolute Gasteiger partial charge is 0.467 e. The van der Waals surface area contributed by atoms with Gasteiger partial charge in [0, 0.05) is 0 Å². The fraction of sp³-hybridized carbons (Fsp3) is 0.300. The SMILES string of the molecule is COC(=O)C(C(=O)OC)n1cnc2c(N)ncnc21. The minimum Gasteiger partial charge on any atom is -0.467 e. The predicted octanol–water partition coefficient (Wildman–Crippen LogP) is -0.704. The van der Waals surface area contributed by atoms with Crippen molar-refractivity contribution in [3.8, 4) is 0 Å². The van der Waals surface area contributed by atoms with E-state index in [4.69, 9.17) is 5.73 Å². The van der Waals surface area contributed by atoms with E-state index in [9.17, 15) is 9.59 Å². The fourth-order valence-electron chi connectivity index (χ4n) is 1.61. The summed E-state index contributed by atoms with van der Waals surface area (Å²) in [5, 5.41) is 0. The van der Waals surface area contributed by atoms with Crippen LogP contribution in [0.15, 0.2) is 12.7 Å². The van der Waals surface area contributed by atoms with Crippen molar-refractivity contribution < 1.29 is 19.1 Å². The average Bonchev–Trinajstić information content (AvgIpc) is 2.84. The highest BCUT2D eigenvalue weighted by atomic mass is 16.5. The van der Waals surface area contributed by atoms with Crippen LogP contribution < -0.4 is 5.73 Å². The van der Waals surface area contributed by atoms with Crippen LogP contribution in [0.25, 0.3) is 11.2 Å². The number of anilines is 1. The maximum atomic E-state index is 11.7. The Balaban J connectivity index is 2.60. The molecule has 0 aliphatic carbocycles. The molecular formula is C10H11N5O4. The van der Waals surface area contributed by atoms with E-state index in [0.29, 0.717) is 5.52 Å². The lowest BCUT2D eigenvalue weighted by atomic mass is 10.3. The van der Waals surface area contributed by atoms with Gasteiger partial charge in [-0.15, -0.1) is 0 Å². The van der Waals surface area contributed by atoms with E-state index in [0.717, 1.165) is 0 Å². The molecule has 0 aliphatic heterocycles. The van der Waals surface area contributed by atoms with Crippen molar-refractivity contribution in [2.75, 3.05) is 20.0 Å². The molecule has 0 aromatic carbocycles. The topological polar surface area (TPSA) is 122 Å². The van der Waals surface area contributed by atoms with Crippen LogP contribution in [-0.2, 0) is 19.1 Å². The third-order valence-electron chi connectivity index (χ3n) is 2.51. The van der Waals surface area contributed by atoms with Gasteiger partial charge in [-0.25, -0.2) is 24.5 Å². The third-order valence-corrected chi connectivity index (χ3v) is 2.51. The van der Waals surface area contributed by atoms with Gasteiger partial charge >= 0.3 is 11.9 Å². The van der Waals surface area contributed by atoms with Crippen molar-refractivity contribution in [3.63, 3.8) is 0 Å². The maximum Gasteiger partial charge on any atom is 0.340 e. The van der Waals surface area contributed by atoms with Crippen molar-refractivity contribution in [1.29, 1.82) is 0 Å². The van der Waals surface area contributed by atoms with E-state index in [-0.39, 0.29) is 11.5 Å². The molecule has 0 unspecified atom stereocenters. The molecule has 2 rings (SSSR count). The Labute approximate surface area is 107 Å². The van der Waals surface area contributed by atoms with Gasteiger partial charge in [0.15, 0.2) is 11.5 Å². The number of ether oxygens (including phenoxy) is 2. The number of nitrogen functional groups attached to an aromatic ring is 1. The van der Waals surface area contributed by atoms with Crippen LogP contribution in [0.4, 0.5) is 5.82 Å². The van der Waals surface area contributed by atoms with Gasteiger partial charge in [0.05, 0.1) is 20.5 Å². The first-order chi connectivity index (χ1) is 9.10. The van der Waals surface area contributed by atoms with Gasteiger partial charge in [-0.3, -0.25) is 4.57 Å². The molecule has 0 saturated heterocycles. The summed E-state index contributed by atoms with van der Waals surface area (Å²) >= 11 is 0. The van der Waals surface area contributed by atoms with E-state index in [1.54, 1.807) is 0 Å². The first-order valence-electron chi connectivity index (χ1n) is 5.18. The first kappa shape index (κ1) is 12.7. The van der Waals surface area contributed by atoms with Gasteiger partial charge < -0.3 is 15.2 Å². The van der Waals surface area contributed by atoms with Crippen LogP contribution >= 0.6 is 0 Å². The van der Waals surface area contributed by atoms with Crippen molar-refractivity contribution in [1.82, 2.24) is 19.5 Å². The fourth-order valence-corrected chi connectivity index (χ4v) is 1.61. The van der Waals surface area contributed by atoms with Crippen LogP contribution in [-0.4, -0.2) is 45.7 Å². The Hall–Kier alpha value is -2.71. The lowest BCUT2D eigenvalue weighted by molar-refractivity contribution is -0.157. The van der Waals surface area contributed by atoms with E-state index in [2.05, 4.69) is 24.4 Å². The van der Waals surface area contributed by atoms with Crippen molar-refractivity contribution in [2.45, 2.75) is 6.04 Å². The summed E-state index contributed by atoms with van der Waals surface area (Å²) in [6.45, 7) is 0. The number of esters is 2. The maximum absolute atomic E-state index is 11.7. The number of carbonyl (C=O) groups is 2. The van der Waals surface area contributed by atoms with Gasteiger partial charge in [0.1, 0.15) is 11.8 Å². The molecule has 2 N–H and O–H groups in total. The third kappa shape index (κ3) is 2.05. The van der Waals surface area contributed by atoms with Crippen LogP contribution in [0.2, 0.25) is 0 Å². The summed E-state index contributed by atoms with van der Waals surface area (Å²) in [6, 6.07) is -1.32. The van der Waals surface area contributed by atoms with E-state index < -0.39 is 18.0 Å². The molecule has 19 heavy (non-hydrogen) atoms. The summed E-state index contributed by atoms with van der Waals surface area (Å²) in [6.07, 6.45) is 2.47. The summed E-state index contributed by atoms with van der Waals surface area (Å²) in [7, 11) is 2.33. The van der Waals surface area contributed by atoms with Crippen molar-refractivity contribution in [3.05, 3.63) is 12.7 Å². The van der Waals surface area contributed by atoms with E-state index in [1.165, 1.54) is 31.4 Å². The van der Waals surface area contributed by atoms with Gasteiger partial charge in [-0.05, 0) is 0 Å². The molecule has 0 radical (unpaired) electrons. The van der Waals surface area contributed by atoms with Gasteiger partial charge in [0.2, 0.25) is 6.04 Å². The highest BCUT2D eigenvalue weighted by Crippen LogP contribution is 2.20. The summed E-state index contributed by atoms with van der Waals surface area (Å²) < 4.78 is 10.4. The number of rotatable bonds is 3. The Morgan fingerprint density at radius 1 is 1.21 bits per heavy atom. The second kappa shape index (κ2) is 4.88. The molecule has 0 spiro atoms. The normalized spacial score (nSPS) is 10.7. The standard InChI is InChI=1S/C10H11N5O4/c1-18-9(16)6(10(17)19-2)15-4-14-5-7(11)12-3-13-8(5)15/h3-4,6H,1-2H3,(H2,11,12,13). The highest BCUT2D eigenvalue weighted by Gasteiger charge is 2.32. The Kier molecular flexibility index (Phi) is 3.27. The van der Waals surface area contributed by atoms with E-state index in [1.807, 2.05) is 0 Å². The number of aromatic nitrogens is 4. The number of hydrogen-bond acceptors (Lipinski definition) is 8. The average molecular weight is 265 g/mol. The van der Waals surface area contributed by atoms with Crippen LogP contribution in [0, 0.1) is 0 Å². The van der Waals surface area contributed by atoms with Crippen molar-refractivity contribution >= 4 is 28.9 Å². The predicted molar refractivity (Wildman–Crippen MR) is 62.8 cm³/mol. The van der Waals surface area contributed by atoms with Crippen LogP contribution in [0.3, 0.4) is 0 Å². The number of fused-ring (bicyclic) bond motifs is 1. The van der Waals surface area contributed by atoms with Crippen molar-refractivity contribution in [2.24, 2.45) is 0 Å².